The van der Waals surface area contributed by atoms with Crippen molar-refractivity contribution in [2.45, 2.75) is 147 Å². The molecule has 3 fully saturated rings. The van der Waals surface area contributed by atoms with E-state index in [9.17, 15) is 19.5 Å². The minimum Gasteiger partial charge on any atom is -0.458 e. The summed E-state index contributed by atoms with van der Waals surface area (Å²) < 4.78 is 31.0. The van der Waals surface area contributed by atoms with E-state index in [-0.39, 0.29) is 23.8 Å². The molecule has 0 radical (unpaired) electrons. The number of fused-ring (bicyclic) bond motifs is 1. The average Bonchev–Trinajstić information content (AvgIpc) is 3.30. The first-order valence-corrected chi connectivity index (χ1v) is 17.5. The van der Waals surface area contributed by atoms with Crippen LogP contribution in [0.3, 0.4) is 0 Å². The van der Waals surface area contributed by atoms with Crippen molar-refractivity contribution in [3.8, 4) is 0 Å². The first-order chi connectivity index (χ1) is 22.6. The Balaban J connectivity index is 2.00. The summed E-state index contributed by atoms with van der Waals surface area (Å²) in [6.45, 7) is 13.5. The van der Waals surface area contributed by atoms with Crippen LogP contribution in [-0.2, 0) is 33.3 Å². The molecule has 274 valence electrons. The second kappa shape index (κ2) is 17.0. The van der Waals surface area contributed by atoms with Gasteiger partial charge in [0.25, 0.3) is 0 Å². The molecule has 3 heterocycles. The minimum atomic E-state index is -1.16. The molecule has 0 spiro atoms. The number of aliphatic hydroxyl groups is 1. The van der Waals surface area contributed by atoms with Crippen molar-refractivity contribution in [3.63, 3.8) is 0 Å². The predicted molar refractivity (Wildman–Crippen MR) is 178 cm³/mol. The Hall–Kier alpha value is -2.48. The van der Waals surface area contributed by atoms with E-state index in [1.54, 1.807) is 18.9 Å². The fourth-order valence-corrected chi connectivity index (χ4v) is 7.99. The number of unbranched alkanes of at least 4 members (excludes halogenated alkanes) is 1. The van der Waals surface area contributed by atoms with Crippen molar-refractivity contribution in [2.75, 3.05) is 34.3 Å². The molecule has 2 unspecified atom stereocenters. The van der Waals surface area contributed by atoms with Crippen molar-refractivity contribution in [1.82, 2.24) is 9.80 Å². The third kappa shape index (κ3) is 8.62. The Kier molecular flexibility index (Phi) is 14.1. The number of methoxy groups -OCH3 is 1. The number of aliphatic hydroxyl groups excluding tert-OH is 1. The number of amides is 1. The van der Waals surface area contributed by atoms with Crippen LogP contribution in [0.2, 0.25) is 0 Å². The number of Topliss-reactive ketones (excluding diaryl/α,β-unsaturated/α-hetero) is 1. The third-order valence-electron chi connectivity index (χ3n) is 10.9. The van der Waals surface area contributed by atoms with Gasteiger partial charge in [-0.05, 0) is 91.8 Å². The number of ketones is 1. The van der Waals surface area contributed by atoms with E-state index >= 15 is 0 Å². The number of carbonyl (C=O) groups excluding carboxylic acids is 3. The highest BCUT2D eigenvalue weighted by molar-refractivity contribution is 6.00. The van der Waals surface area contributed by atoms with E-state index in [1.807, 2.05) is 46.7 Å². The molecule has 3 rings (SSSR count). The lowest BCUT2D eigenvalue weighted by atomic mass is 9.76. The minimum absolute atomic E-state index is 0.0728. The normalized spacial score (nSPS) is 40.1. The van der Waals surface area contributed by atoms with Gasteiger partial charge in [-0.1, -0.05) is 32.3 Å². The number of nitrogens with zero attached hydrogens (tertiary/aromatic N) is 5. The molecule has 0 saturated carbocycles. The van der Waals surface area contributed by atoms with Crippen LogP contribution in [0.25, 0.3) is 10.4 Å². The van der Waals surface area contributed by atoms with E-state index in [2.05, 4.69) is 16.9 Å². The first kappa shape index (κ1) is 40.0. The molecular formula is C34H59N5O9. The van der Waals surface area contributed by atoms with E-state index < -0.39 is 65.7 Å². The summed E-state index contributed by atoms with van der Waals surface area (Å²) in [6, 6.07) is -0.642. The SMILES string of the molecule is CC[C@H]1OC(=O)[C@H](C)C(=O)[C@@H](C)[C@@H](O[C@@H]2O[C@H](C)CC(N(C)C)C2O)[C@](C)(OC)CCC[C@H](C)[C@H]2N(CCCCN=[N+]=[N-])C(=O)O[C@]12C. The second-order valence-corrected chi connectivity index (χ2v) is 14.6. The highest BCUT2D eigenvalue weighted by atomic mass is 16.7. The van der Waals surface area contributed by atoms with Crippen molar-refractivity contribution < 1.29 is 43.2 Å². The number of hydrogen-bond acceptors (Lipinski definition) is 11. The Bertz CT molecular complexity index is 1170. The zero-order valence-electron chi connectivity index (χ0n) is 30.6. The van der Waals surface area contributed by atoms with Gasteiger partial charge in [-0.3, -0.25) is 9.59 Å². The largest absolute Gasteiger partial charge is 0.458 e. The Morgan fingerprint density at radius 2 is 1.83 bits per heavy atom. The van der Waals surface area contributed by atoms with E-state index in [0.29, 0.717) is 58.0 Å². The molecule has 3 aliphatic rings. The van der Waals surface area contributed by atoms with Gasteiger partial charge in [-0.25, -0.2) is 4.79 Å². The fraction of sp³-hybridized carbons (Fsp3) is 0.912. The zero-order valence-corrected chi connectivity index (χ0v) is 30.6. The summed E-state index contributed by atoms with van der Waals surface area (Å²) in [6.07, 6.45) is -0.315. The quantitative estimate of drug-likeness (QED) is 0.0838. The maximum Gasteiger partial charge on any atom is 0.410 e. The van der Waals surface area contributed by atoms with E-state index in [1.165, 1.54) is 6.92 Å². The number of azide groups is 1. The van der Waals surface area contributed by atoms with Crippen LogP contribution in [0.4, 0.5) is 4.79 Å². The summed E-state index contributed by atoms with van der Waals surface area (Å²) in [4.78, 5) is 47.7. The maximum absolute atomic E-state index is 14.1. The molecule has 12 atom stereocenters. The number of esters is 1. The Morgan fingerprint density at radius 1 is 1.15 bits per heavy atom. The lowest BCUT2D eigenvalue weighted by Crippen LogP contribution is -2.59. The number of ether oxygens (including phenoxy) is 5. The number of rotatable bonds is 10. The monoisotopic (exact) mass is 681 g/mol. The molecule has 3 aliphatic heterocycles. The molecule has 3 saturated heterocycles. The molecule has 0 aliphatic carbocycles. The fourth-order valence-electron chi connectivity index (χ4n) is 7.99. The molecule has 14 nitrogen and oxygen atoms in total. The number of carbonyl (C=O) groups is 3. The predicted octanol–water partition coefficient (Wildman–Crippen LogP) is 4.86. The lowest BCUT2D eigenvalue weighted by Gasteiger charge is -2.46. The van der Waals surface area contributed by atoms with E-state index in [4.69, 9.17) is 29.2 Å². The highest BCUT2D eigenvalue weighted by Gasteiger charge is 2.58. The third-order valence-corrected chi connectivity index (χ3v) is 10.9. The van der Waals surface area contributed by atoms with Crippen LogP contribution in [0, 0.1) is 17.8 Å². The Morgan fingerprint density at radius 3 is 2.44 bits per heavy atom. The van der Waals surface area contributed by atoms with Crippen LogP contribution in [0.5, 0.6) is 0 Å². The van der Waals surface area contributed by atoms with Crippen molar-refractivity contribution in [1.29, 1.82) is 0 Å². The molecular weight excluding hydrogens is 622 g/mol. The van der Waals surface area contributed by atoms with Gasteiger partial charge in [0, 0.05) is 37.1 Å². The topological polar surface area (TPSA) is 173 Å². The van der Waals surface area contributed by atoms with Gasteiger partial charge in [-0.2, -0.15) is 0 Å². The van der Waals surface area contributed by atoms with Gasteiger partial charge in [-0.15, -0.1) is 0 Å². The van der Waals surface area contributed by atoms with Crippen LogP contribution in [0.15, 0.2) is 5.11 Å². The standard InChI is InChI=1S/C34H59N5O9/c1-11-25-34(7)28(39(32(43)48-34)18-13-12-17-36-37-35)20(2)15-14-16-33(6,44-10)29(22(4)26(40)23(5)30(42)46-25)47-31-27(41)24(38(8)9)19-21(3)45-31/h20-25,27-29,31,41H,11-19H2,1-10H3/t20-,21+,22+,23+,24?,25+,27?,28+,29+,31-,33+,34+/m0/s1. The molecule has 14 heteroatoms. The summed E-state index contributed by atoms with van der Waals surface area (Å²) in [5, 5.41) is 14.9. The van der Waals surface area contributed by atoms with Crippen molar-refractivity contribution >= 4 is 17.8 Å². The number of likely N-dealkylation sites (N-methyl/N-ethyl adjacent to an activating group) is 1. The van der Waals surface area contributed by atoms with Gasteiger partial charge in [0.05, 0.1) is 23.9 Å². The molecule has 48 heavy (non-hydrogen) atoms. The molecule has 0 aromatic carbocycles. The first-order valence-electron chi connectivity index (χ1n) is 17.5. The lowest BCUT2D eigenvalue weighted by molar-refractivity contribution is -0.294. The average molecular weight is 682 g/mol. The molecule has 0 aromatic rings. The number of hydrogen-bond donors (Lipinski definition) is 1. The second-order valence-electron chi connectivity index (χ2n) is 14.6. The van der Waals surface area contributed by atoms with Gasteiger partial charge >= 0.3 is 12.1 Å². The maximum atomic E-state index is 14.1. The van der Waals surface area contributed by atoms with Crippen LogP contribution in [0.1, 0.15) is 93.4 Å². The molecule has 0 aromatic heterocycles. The van der Waals surface area contributed by atoms with Gasteiger partial charge < -0.3 is 38.6 Å². The zero-order chi connectivity index (χ0) is 36.0. The molecule has 0 bridgehead atoms. The Labute approximate surface area is 285 Å². The summed E-state index contributed by atoms with van der Waals surface area (Å²) in [5.41, 5.74) is 6.48. The van der Waals surface area contributed by atoms with Gasteiger partial charge in [0.2, 0.25) is 0 Å². The van der Waals surface area contributed by atoms with E-state index in [0.717, 1.165) is 0 Å². The molecule has 1 amide bonds. The van der Waals surface area contributed by atoms with Crippen molar-refractivity contribution in [3.05, 3.63) is 10.4 Å². The molecule has 1 N–H and O–H groups in total. The summed E-state index contributed by atoms with van der Waals surface area (Å²) in [7, 11) is 5.37. The smallest absolute Gasteiger partial charge is 0.410 e. The summed E-state index contributed by atoms with van der Waals surface area (Å²) >= 11 is 0. The van der Waals surface area contributed by atoms with Crippen molar-refractivity contribution in [2.24, 2.45) is 22.9 Å². The van der Waals surface area contributed by atoms with Crippen LogP contribution in [-0.4, -0.2) is 121 Å². The highest BCUT2D eigenvalue weighted by Crippen LogP contribution is 2.43. The number of cyclic esters (lactones) is 1. The van der Waals surface area contributed by atoms with Crippen LogP contribution >= 0.6 is 0 Å². The summed E-state index contributed by atoms with van der Waals surface area (Å²) in [5.74, 6) is -3.14. The van der Waals surface area contributed by atoms with Gasteiger partial charge in [0.15, 0.2) is 17.7 Å². The van der Waals surface area contributed by atoms with Crippen LogP contribution < -0.4 is 0 Å². The van der Waals surface area contributed by atoms with Gasteiger partial charge in [0.1, 0.15) is 18.1 Å².